The van der Waals surface area contributed by atoms with Gasteiger partial charge in [0.05, 0.1) is 11.4 Å². The largest absolute Gasteiger partial charge is 0.456 e. The van der Waals surface area contributed by atoms with Gasteiger partial charge >= 0.3 is 0 Å². The Morgan fingerprint density at radius 1 is 0.291 bits per heavy atom. The Kier molecular flexibility index (Phi) is 8.04. The topological polar surface area (TPSA) is 77.6 Å². The molecule has 10 rings (SSSR count). The van der Waals surface area contributed by atoms with Crippen molar-refractivity contribution in [3.05, 3.63) is 188 Å². The highest BCUT2D eigenvalue weighted by molar-refractivity contribution is 6.12. The summed E-state index contributed by atoms with van der Waals surface area (Å²) in [5.41, 5.74) is 11.0. The molecule has 0 spiro atoms. The zero-order valence-corrected chi connectivity index (χ0v) is 29.5. The molecule has 6 nitrogen and oxygen atoms in total. The highest BCUT2D eigenvalue weighted by Crippen LogP contribution is 2.38. The van der Waals surface area contributed by atoms with E-state index >= 15 is 0 Å². The summed E-state index contributed by atoms with van der Waals surface area (Å²) in [6.07, 6.45) is 0. The van der Waals surface area contributed by atoms with Gasteiger partial charge in [0.25, 0.3) is 0 Å². The molecule has 258 valence electrons. The number of hydrogen-bond acceptors (Lipinski definition) is 6. The van der Waals surface area contributed by atoms with Crippen LogP contribution in [-0.2, 0) is 0 Å². The van der Waals surface area contributed by atoms with Gasteiger partial charge in [0.1, 0.15) is 11.2 Å². The van der Waals surface area contributed by atoms with E-state index < -0.39 is 0 Å². The summed E-state index contributed by atoms with van der Waals surface area (Å²) >= 11 is 0. The van der Waals surface area contributed by atoms with E-state index in [0.717, 1.165) is 77.8 Å². The van der Waals surface area contributed by atoms with Crippen molar-refractivity contribution in [2.24, 2.45) is 0 Å². The van der Waals surface area contributed by atoms with Crippen molar-refractivity contribution in [3.8, 4) is 79.2 Å². The lowest BCUT2D eigenvalue weighted by molar-refractivity contribution is 0.669. The molecule has 0 atom stereocenters. The molecule has 0 aliphatic carbocycles. The number of furan rings is 1. The summed E-state index contributed by atoms with van der Waals surface area (Å²) in [4.78, 5) is 25.2. The van der Waals surface area contributed by atoms with Crippen molar-refractivity contribution in [1.82, 2.24) is 24.9 Å². The number of benzene rings is 7. The highest BCUT2D eigenvalue weighted by atomic mass is 16.3. The number of fused-ring (bicyclic) bond motifs is 3. The second-order valence-corrected chi connectivity index (χ2v) is 13.3. The Labute approximate surface area is 317 Å². The standard InChI is InChI=1S/C49H31N5O/c1-5-14-32(15-6-1)33-24-26-37(27-25-33)47-52-46(36-20-11-4-12-21-36)53-49(54-47)40-22-13-23-43-45(40)39-29-28-38(30-44(39)55-43)48-50-41(34-16-7-2-8-17-34)31-42(51-48)35-18-9-3-10-19-35/h1-31H. The summed E-state index contributed by atoms with van der Waals surface area (Å²) in [7, 11) is 0. The first kappa shape index (κ1) is 32.1. The molecule has 55 heavy (non-hydrogen) atoms. The molecule has 0 aliphatic heterocycles. The Balaban J connectivity index is 1.10. The van der Waals surface area contributed by atoms with Crippen LogP contribution in [0.3, 0.4) is 0 Å². The fourth-order valence-electron chi connectivity index (χ4n) is 7.03. The van der Waals surface area contributed by atoms with Crippen LogP contribution in [0.5, 0.6) is 0 Å². The number of rotatable bonds is 7. The minimum atomic E-state index is 0.569. The Morgan fingerprint density at radius 2 is 0.745 bits per heavy atom. The normalized spacial score (nSPS) is 11.3. The molecule has 0 radical (unpaired) electrons. The van der Waals surface area contributed by atoms with Crippen LogP contribution >= 0.6 is 0 Å². The first-order valence-corrected chi connectivity index (χ1v) is 18.2. The van der Waals surface area contributed by atoms with Crippen LogP contribution in [0.25, 0.3) is 101 Å². The molecule has 0 unspecified atom stereocenters. The van der Waals surface area contributed by atoms with E-state index in [4.69, 9.17) is 29.3 Å². The molecule has 0 aliphatic rings. The van der Waals surface area contributed by atoms with Crippen LogP contribution < -0.4 is 0 Å². The van der Waals surface area contributed by atoms with E-state index in [-0.39, 0.29) is 0 Å². The molecule has 6 heteroatoms. The minimum Gasteiger partial charge on any atom is -0.456 e. The van der Waals surface area contributed by atoms with Gasteiger partial charge in [-0.2, -0.15) is 0 Å². The van der Waals surface area contributed by atoms with Crippen molar-refractivity contribution in [2.75, 3.05) is 0 Å². The fraction of sp³-hybridized carbons (Fsp3) is 0. The average Bonchev–Trinajstić information content (AvgIpc) is 3.66. The molecular formula is C49H31N5O. The SMILES string of the molecule is c1ccc(-c2ccc(-c3nc(-c4ccccc4)nc(-c4cccc5oc6cc(-c7nc(-c8ccccc8)cc(-c8ccccc8)n7)ccc6c45)n3)cc2)cc1. The quantitative estimate of drug-likeness (QED) is 0.164. The summed E-state index contributed by atoms with van der Waals surface area (Å²) in [5.74, 6) is 2.39. The average molecular weight is 706 g/mol. The van der Waals surface area contributed by atoms with Crippen molar-refractivity contribution in [1.29, 1.82) is 0 Å². The summed E-state index contributed by atoms with van der Waals surface area (Å²) in [6, 6.07) is 63.4. The van der Waals surface area contributed by atoms with Gasteiger partial charge in [-0.25, -0.2) is 24.9 Å². The third kappa shape index (κ3) is 6.22. The molecule has 0 saturated heterocycles. The maximum atomic E-state index is 6.56. The van der Waals surface area contributed by atoms with E-state index in [2.05, 4.69) is 78.9 Å². The Hall–Kier alpha value is -7.57. The van der Waals surface area contributed by atoms with Crippen LogP contribution in [-0.4, -0.2) is 24.9 Å². The van der Waals surface area contributed by atoms with E-state index in [9.17, 15) is 0 Å². The monoisotopic (exact) mass is 705 g/mol. The number of aromatic nitrogens is 5. The molecule has 0 amide bonds. The van der Waals surface area contributed by atoms with E-state index in [1.807, 2.05) is 109 Å². The van der Waals surface area contributed by atoms with Gasteiger partial charge in [-0.05, 0) is 35.4 Å². The molecule has 0 bridgehead atoms. The smallest absolute Gasteiger partial charge is 0.164 e. The van der Waals surface area contributed by atoms with Gasteiger partial charge in [-0.15, -0.1) is 0 Å². The van der Waals surface area contributed by atoms with Gasteiger partial charge in [0, 0.05) is 44.2 Å². The van der Waals surface area contributed by atoms with Crippen LogP contribution in [0.4, 0.5) is 0 Å². The van der Waals surface area contributed by atoms with Crippen molar-refractivity contribution in [2.45, 2.75) is 0 Å². The first-order valence-electron chi connectivity index (χ1n) is 18.2. The summed E-state index contributed by atoms with van der Waals surface area (Å²) in [5, 5.41) is 1.89. The second kappa shape index (κ2) is 13.8. The zero-order chi connectivity index (χ0) is 36.6. The third-order valence-corrected chi connectivity index (χ3v) is 9.78. The molecule has 3 aromatic heterocycles. The molecule has 3 heterocycles. The lowest BCUT2D eigenvalue weighted by Crippen LogP contribution is -2.00. The Morgan fingerprint density at radius 3 is 1.35 bits per heavy atom. The van der Waals surface area contributed by atoms with E-state index in [1.165, 1.54) is 0 Å². The second-order valence-electron chi connectivity index (χ2n) is 13.3. The fourth-order valence-corrected chi connectivity index (χ4v) is 7.03. The van der Waals surface area contributed by atoms with Gasteiger partial charge in [-0.3, -0.25) is 0 Å². The van der Waals surface area contributed by atoms with Gasteiger partial charge in [-0.1, -0.05) is 164 Å². The first-order chi connectivity index (χ1) is 27.2. The predicted molar refractivity (Wildman–Crippen MR) is 221 cm³/mol. The van der Waals surface area contributed by atoms with E-state index in [0.29, 0.717) is 23.3 Å². The summed E-state index contributed by atoms with van der Waals surface area (Å²) < 4.78 is 6.56. The molecule has 10 aromatic rings. The molecule has 0 N–H and O–H groups in total. The number of nitrogens with zero attached hydrogens (tertiary/aromatic N) is 5. The zero-order valence-electron chi connectivity index (χ0n) is 29.5. The molecule has 0 saturated carbocycles. The molecule has 0 fully saturated rings. The van der Waals surface area contributed by atoms with Gasteiger partial charge < -0.3 is 4.42 Å². The lowest BCUT2D eigenvalue weighted by atomic mass is 10.0. The predicted octanol–water partition coefficient (Wildman–Crippen LogP) is 12.2. The summed E-state index contributed by atoms with van der Waals surface area (Å²) in [6.45, 7) is 0. The van der Waals surface area contributed by atoms with E-state index in [1.54, 1.807) is 0 Å². The minimum absolute atomic E-state index is 0.569. The van der Waals surface area contributed by atoms with Crippen molar-refractivity contribution < 1.29 is 4.42 Å². The maximum absolute atomic E-state index is 6.56. The molecular weight excluding hydrogens is 675 g/mol. The van der Waals surface area contributed by atoms with Gasteiger partial charge in [0.2, 0.25) is 0 Å². The maximum Gasteiger partial charge on any atom is 0.164 e. The van der Waals surface area contributed by atoms with Crippen LogP contribution in [0.15, 0.2) is 192 Å². The third-order valence-electron chi connectivity index (χ3n) is 9.78. The molecule has 7 aromatic carbocycles. The van der Waals surface area contributed by atoms with Crippen LogP contribution in [0.2, 0.25) is 0 Å². The number of hydrogen-bond donors (Lipinski definition) is 0. The van der Waals surface area contributed by atoms with Gasteiger partial charge in [0.15, 0.2) is 23.3 Å². The highest BCUT2D eigenvalue weighted by Gasteiger charge is 2.19. The lowest BCUT2D eigenvalue weighted by Gasteiger charge is -2.10. The van der Waals surface area contributed by atoms with Crippen LogP contribution in [0, 0.1) is 0 Å². The Bertz CT molecular complexity index is 2890. The van der Waals surface area contributed by atoms with Crippen molar-refractivity contribution in [3.63, 3.8) is 0 Å². The van der Waals surface area contributed by atoms with Crippen molar-refractivity contribution >= 4 is 21.9 Å². The van der Waals surface area contributed by atoms with Crippen LogP contribution in [0.1, 0.15) is 0 Å².